The summed E-state index contributed by atoms with van der Waals surface area (Å²) in [6.45, 7) is 1.51. The molecule has 24 heavy (non-hydrogen) atoms. The summed E-state index contributed by atoms with van der Waals surface area (Å²) in [6.07, 6.45) is -5.82. The van der Waals surface area contributed by atoms with E-state index >= 15 is 0 Å². The van der Waals surface area contributed by atoms with E-state index in [1.54, 1.807) is 36.4 Å². The SMILES string of the molecule is CO[C@@](C(=O)OC(C)c1ccccc1)(c1ccccc1)C(F)(F)F. The fourth-order valence-electron chi connectivity index (χ4n) is 2.42. The second-order valence-electron chi connectivity index (χ2n) is 5.21. The smallest absolute Gasteiger partial charge is 0.432 e. The maximum Gasteiger partial charge on any atom is 0.432 e. The number of ether oxygens (including phenoxy) is 2. The van der Waals surface area contributed by atoms with Crippen LogP contribution in [0.1, 0.15) is 24.2 Å². The third kappa shape index (κ3) is 3.28. The molecule has 0 spiro atoms. The van der Waals surface area contributed by atoms with Crippen LogP contribution < -0.4 is 0 Å². The summed E-state index contributed by atoms with van der Waals surface area (Å²) < 4.78 is 51.0. The van der Waals surface area contributed by atoms with Gasteiger partial charge in [-0.1, -0.05) is 60.7 Å². The quantitative estimate of drug-likeness (QED) is 0.758. The molecule has 0 amide bonds. The van der Waals surface area contributed by atoms with Crippen molar-refractivity contribution in [2.45, 2.75) is 24.8 Å². The van der Waals surface area contributed by atoms with Gasteiger partial charge >= 0.3 is 12.1 Å². The Labute approximate surface area is 138 Å². The van der Waals surface area contributed by atoms with E-state index < -0.39 is 23.9 Å². The molecule has 0 aliphatic heterocycles. The first-order valence-corrected chi connectivity index (χ1v) is 7.26. The van der Waals surface area contributed by atoms with Crippen molar-refractivity contribution in [1.82, 2.24) is 0 Å². The van der Waals surface area contributed by atoms with E-state index in [2.05, 4.69) is 4.74 Å². The first-order chi connectivity index (χ1) is 11.3. The number of alkyl halides is 3. The van der Waals surface area contributed by atoms with Crippen LogP contribution in [-0.4, -0.2) is 19.3 Å². The van der Waals surface area contributed by atoms with Gasteiger partial charge in [0.15, 0.2) is 0 Å². The molecule has 2 atom stereocenters. The number of rotatable bonds is 5. The fourth-order valence-corrected chi connectivity index (χ4v) is 2.42. The molecule has 2 rings (SSSR count). The van der Waals surface area contributed by atoms with E-state index in [-0.39, 0.29) is 5.56 Å². The number of halogens is 3. The maximum atomic E-state index is 13.7. The molecule has 2 aromatic carbocycles. The van der Waals surface area contributed by atoms with Gasteiger partial charge in [-0.25, -0.2) is 4.79 Å². The lowest BCUT2D eigenvalue weighted by Gasteiger charge is -2.33. The lowest BCUT2D eigenvalue weighted by Crippen LogP contribution is -2.51. The van der Waals surface area contributed by atoms with E-state index in [0.29, 0.717) is 5.56 Å². The molecule has 0 saturated heterocycles. The molecule has 2 aromatic rings. The Bertz CT molecular complexity index is 671. The number of esters is 1. The van der Waals surface area contributed by atoms with Crippen LogP contribution in [0.5, 0.6) is 0 Å². The Morgan fingerprint density at radius 2 is 1.46 bits per heavy atom. The Balaban J connectivity index is 2.39. The highest BCUT2D eigenvalue weighted by Crippen LogP contribution is 2.43. The summed E-state index contributed by atoms with van der Waals surface area (Å²) in [6, 6.07) is 15.3. The second-order valence-corrected chi connectivity index (χ2v) is 5.21. The van der Waals surface area contributed by atoms with Crippen LogP contribution in [0.15, 0.2) is 60.7 Å². The number of carbonyl (C=O) groups excluding carboxylic acids is 1. The number of hydrogen-bond acceptors (Lipinski definition) is 3. The van der Waals surface area contributed by atoms with E-state index in [1.165, 1.54) is 31.2 Å². The molecule has 1 unspecified atom stereocenters. The van der Waals surface area contributed by atoms with Crippen molar-refractivity contribution < 1.29 is 27.4 Å². The van der Waals surface area contributed by atoms with Gasteiger partial charge in [0.2, 0.25) is 0 Å². The zero-order chi connectivity index (χ0) is 17.8. The molecular formula is C18H17F3O3. The van der Waals surface area contributed by atoms with Crippen molar-refractivity contribution >= 4 is 5.97 Å². The number of benzene rings is 2. The fraction of sp³-hybridized carbons (Fsp3) is 0.278. The summed E-state index contributed by atoms with van der Waals surface area (Å²) in [5, 5.41) is 0. The van der Waals surface area contributed by atoms with Crippen molar-refractivity contribution in [2.24, 2.45) is 0 Å². The van der Waals surface area contributed by atoms with E-state index in [4.69, 9.17) is 4.74 Å². The summed E-state index contributed by atoms with van der Waals surface area (Å²) in [5.41, 5.74) is -2.91. The summed E-state index contributed by atoms with van der Waals surface area (Å²) in [4.78, 5) is 12.5. The summed E-state index contributed by atoms with van der Waals surface area (Å²) in [7, 11) is 0.842. The molecule has 0 bridgehead atoms. The maximum absolute atomic E-state index is 13.7. The zero-order valence-electron chi connectivity index (χ0n) is 13.2. The zero-order valence-corrected chi connectivity index (χ0v) is 13.2. The van der Waals surface area contributed by atoms with Gasteiger partial charge in [-0.3, -0.25) is 0 Å². The highest BCUT2D eigenvalue weighted by molar-refractivity contribution is 5.83. The van der Waals surface area contributed by atoms with Gasteiger partial charge in [-0.05, 0) is 12.5 Å². The molecule has 0 heterocycles. The third-order valence-corrected chi connectivity index (χ3v) is 3.73. The van der Waals surface area contributed by atoms with Crippen molar-refractivity contribution in [2.75, 3.05) is 7.11 Å². The van der Waals surface area contributed by atoms with Gasteiger partial charge in [0.25, 0.3) is 5.60 Å². The lowest BCUT2D eigenvalue weighted by molar-refractivity contribution is -0.278. The number of carbonyl (C=O) groups is 1. The first-order valence-electron chi connectivity index (χ1n) is 7.26. The molecule has 128 valence electrons. The van der Waals surface area contributed by atoms with Gasteiger partial charge < -0.3 is 9.47 Å². The lowest BCUT2D eigenvalue weighted by atomic mass is 9.92. The van der Waals surface area contributed by atoms with Crippen LogP contribution >= 0.6 is 0 Å². The standard InChI is InChI=1S/C18H17F3O3/c1-13(14-9-5-3-6-10-14)24-16(22)17(23-2,18(19,20)21)15-11-7-4-8-12-15/h3-13H,1-2H3/t13?,17-/m1/s1. The van der Waals surface area contributed by atoms with Crippen molar-refractivity contribution in [1.29, 1.82) is 0 Å². The Morgan fingerprint density at radius 1 is 0.958 bits per heavy atom. The Kier molecular flexibility index (Phi) is 5.29. The average molecular weight is 338 g/mol. The molecular weight excluding hydrogens is 321 g/mol. The topological polar surface area (TPSA) is 35.5 Å². The minimum atomic E-state index is -4.98. The Hall–Kier alpha value is -2.34. The molecule has 0 aliphatic carbocycles. The second kappa shape index (κ2) is 7.05. The Morgan fingerprint density at radius 3 is 1.92 bits per heavy atom. The van der Waals surface area contributed by atoms with Crippen LogP contribution in [0.25, 0.3) is 0 Å². The van der Waals surface area contributed by atoms with Gasteiger partial charge in [-0.2, -0.15) is 13.2 Å². The largest absolute Gasteiger partial charge is 0.455 e. The van der Waals surface area contributed by atoms with Crippen molar-refractivity contribution in [3.63, 3.8) is 0 Å². The summed E-state index contributed by atoms with van der Waals surface area (Å²) >= 11 is 0. The predicted molar refractivity (Wildman–Crippen MR) is 82.1 cm³/mol. The molecule has 0 fully saturated rings. The minimum Gasteiger partial charge on any atom is -0.455 e. The monoisotopic (exact) mass is 338 g/mol. The highest BCUT2D eigenvalue weighted by Gasteiger charge is 2.64. The molecule has 6 heteroatoms. The van der Waals surface area contributed by atoms with E-state index in [9.17, 15) is 18.0 Å². The molecule has 3 nitrogen and oxygen atoms in total. The molecule has 0 saturated carbocycles. The normalized spacial score (nSPS) is 15.4. The highest BCUT2D eigenvalue weighted by atomic mass is 19.4. The van der Waals surface area contributed by atoms with Gasteiger partial charge in [0.05, 0.1) is 0 Å². The average Bonchev–Trinajstić information content (AvgIpc) is 2.56. The third-order valence-electron chi connectivity index (χ3n) is 3.73. The number of hydrogen-bond donors (Lipinski definition) is 0. The molecule has 0 aliphatic rings. The van der Waals surface area contributed by atoms with Gasteiger partial charge in [-0.15, -0.1) is 0 Å². The van der Waals surface area contributed by atoms with Crippen LogP contribution in [-0.2, 0) is 19.9 Å². The van der Waals surface area contributed by atoms with Crippen molar-refractivity contribution in [3.05, 3.63) is 71.8 Å². The van der Waals surface area contributed by atoms with Crippen molar-refractivity contribution in [3.8, 4) is 0 Å². The van der Waals surface area contributed by atoms with Crippen LogP contribution in [0.4, 0.5) is 13.2 Å². The van der Waals surface area contributed by atoms with Gasteiger partial charge in [0.1, 0.15) is 6.10 Å². The van der Waals surface area contributed by atoms with E-state index in [1.807, 2.05) is 0 Å². The van der Waals surface area contributed by atoms with Crippen LogP contribution in [0.3, 0.4) is 0 Å². The summed E-state index contributed by atoms with van der Waals surface area (Å²) in [5.74, 6) is -1.50. The minimum absolute atomic E-state index is 0.328. The van der Waals surface area contributed by atoms with E-state index in [0.717, 1.165) is 7.11 Å². The molecule has 0 aromatic heterocycles. The number of methoxy groups -OCH3 is 1. The molecule has 0 N–H and O–H groups in total. The van der Waals surface area contributed by atoms with Gasteiger partial charge in [0, 0.05) is 12.7 Å². The van der Waals surface area contributed by atoms with Crippen LogP contribution in [0, 0.1) is 0 Å². The predicted octanol–water partition coefficient (Wildman–Crippen LogP) is 4.40. The first kappa shape index (κ1) is 18.0. The molecule has 0 radical (unpaired) electrons. The van der Waals surface area contributed by atoms with Crippen LogP contribution in [0.2, 0.25) is 0 Å².